The highest BCUT2D eigenvalue weighted by Gasteiger charge is 2.13. The summed E-state index contributed by atoms with van der Waals surface area (Å²) in [6.45, 7) is 1.83. The molecule has 0 aliphatic carbocycles. The lowest BCUT2D eigenvalue weighted by atomic mass is 10.3. The first kappa shape index (κ1) is 14.3. The zero-order valence-electron chi connectivity index (χ0n) is 11.1. The van der Waals surface area contributed by atoms with Gasteiger partial charge < -0.3 is 4.42 Å². The average Bonchev–Trinajstić information content (AvgIpc) is 3.07. The lowest BCUT2D eigenvalue weighted by molar-refractivity contribution is 0.542. The Morgan fingerprint density at radius 1 is 1.29 bits per heavy atom. The van der Waals surface area contributed by atoms with Gasteiger partial charge in [-0.1, -0.05) is 6.07 Å². The van der Waals surface area contributed by atoms with E-state index in [-0.39, 0.29) is 0 Å². The molecule has 0 saturated carbocycles. The normalized spacial score (nSPS) is 11.0. The summed E-state index contributed by atoms with van der Waals surface area (Å²) < 4.78 is 32.1. The topological polar surface area (TPSA) is 26.0 Å². The molecule has 0 unspecified atom stereocenters. The number of rotatable bonds is 4. The Kier molecular flexibility index (Phi) is 4.07. The van der Waals surface area contributed by atoms with E-state index in [1.54, 1.807) is 11.3 Å². The Hall–Kier alpha value is -1.66. The first-order chi connectivity index (χ1) is 10.1. The molecule has 21 heavy (non-hydrogen) atoms. The second-order valence-electron chi connectivity index (χ2n) is 4.36. The van der Waals surface area contributed by atoms with Crippen LogP contribution in [0.3, 0.4) is 0 Å². The Bertz CT molecular complexity index is 753. The molecule has 6 heteroatoms. The van der Waals surface area contributed by atoms with Gasteiger partial charge in [-0.2, -0.15) is 0 Å². The first-order valence-electron chi connectivity index (χ1n) is 6.21. The van der Waals surface area contributed by atoms with Gasteiger partial charge in [0.05, 0.1) is 10.6 Å². The molecule has 0 radical (unpaired) electrons. The van der Waals surface area contributed by atoms with E-state index in [9.17, 15) is 8.78 Å². The van der Waals surface area contributed by atoms with Gasteiger partial charge in [0, 0.05) is 16.7 Å². The van der Waals surface area contributed by atoms with Crippen molar-refractivity contribution in [3.05, 3.63) is 58.8 Å². The summed E-state index contributed by atoms with van der Waals surface area (Å²) in [7, 11) is 0. The monoisotopic (exact) mass is 323 g/mol. The standard InChI is InChI=1S/C15H11F2NOS2/c1-9-12(18-15(19-9)14-3-2-6-20-14)8-21-13-5-4-10(16)7-11(13)17/h2-7H,8H2,1H3. The minimum Gasteiger partial charge on any atom is -0.440 e. The molecule has 0 fully saturated rings. The van der Waals surface area contributed by atoms with Crippen molar-refractivity contribution in [2.24, 2.45) is 0 Å². The molecule has 0 aliphatic heterocycles. The van der Waals surface area contributed by atoms with Crippen LogP contribution in [0.5, 0.6) is 0 Å². The summed E-state index contributed by atoms with van der Waals surface area (Å²) in [5.41, 5.74) is 0.770. The largest absolute Gasteiger partial charge is 0.440 e. The summed E-state index contributed by atoms with van der Waals surface area (Å²) in [5, 5.41) is 1.96. The van der Waals surface area contributed by atoms with Crippen molar-refractivity contribution < 1.29 is 13.2 Å². The Balaban J connectivity index is 1.76. The highest BCUT2D eigenvalue weighted by atomic mass is 32.2. The van der Waals surface area contributed by atoms with Gasteiger partial charge in [0.25, 0.3) is 0 Å². The third-order valence-corrected chi connectivity index (χ3v) is 4.80. The summed E-state index contributed by atoms with van der Waals surface area (Å²) in [6, 6.07) is 7.44. The molecule has 3 rings (SSSR count). The molecular weight excluding hydrogens is 312 g/mol. The molecule has 2 heterocycles. The van der Waals surface area contributed by atoms with Gasteiger partial charge in [-0.25, -0.2) is 13.8 Å². The van der Waals surface area contributed by atoms with Crippen LogP contribution in [0, 0.1) is 18.6 Å². The fourth-order valence-corrected chi connectivity index (χ4v) is 3.38. The van der Waals surface area contributed by atoms with Crippen LogP contribution in [-0.4, -0.2) is 4.98 Å². The lowest BCUT2D eigenvalue weighted by Crippen LogP contribution is -1.87. The van der Waals surface area contributed by atoms with E-state index in [1.165, 1.54) is 23.9 Å². The number of hydrogen-bond acceptors (Lipinski definition) is 4. The number of hydrogen-bond donors (Lipinski definition) is 0. The van der Waals surface area contributed by atoms with Crippen molar-refractivity contribution in [3.8, 4) is 10.8 Å². The van der Waals surface area contributed by atoms with E-state index < -0.39 is 11.6 Å². The van der Waals surface area contributed by atoms with Gasteiger partial charge in [-0.3, -0.25) is 0 Å². The summed E-state index contributed by atoms with van der Waals surface area (Å²) in [4.78, 5) is 5.80. The fourth-order valence-electron chi connectivity index (χ4n) is 1.81. The van der Waals surface area contributed by atoms with Crippen molar-refractivity contribution in [2.45, 2.75) is 17.6 Å². The van der Waals surface area contributed by atoms with Gasteiger partial charge in [0.1, 0.15) is 17.4 Å². The predicted octanol–water partition coefficient (Wildman–Crippen LogP) is 5.28. The Labute approximate surface area is 128 Å². The van der Waals surface area contributed by atoms with Crippen LogP contribution in [0.4, 0.5) is 8.78 Å². The summed E-state index contributed by atoms with van der Waals surface area (Å²) in [6.07, 6.45) is 0. The molecule has 2 aromatic heterocycles. The van der Waals surface area contributed by atoms with Gasteiger partial charge in [0.2, 0.25) is 5.89 Å². The minimum atomic E-state index is -0.575. The smallest absolute Gasteiger partial charge is 0.236 e. The molecule has 0 spiro atoms. The van der Waals surface area contributed by atoms with Crippen LogP contribution in [0.25, 0.3) is 10.8 Å². The summed E-state index contributed by atoms with van der Waals surface area (Å²) in [5.74, 6) is 0.642. The maximum Gasteiger partial charge on any atom is 0.236 e. The minimum absolute atomic E-state index is 0.400. The van der Waals surface area contributed by atoms with Crippen LogP contribution in [0.15, 0.2) is 45.0 Å². The van der Waals surface area contributed by atoms with Crippen molar-refractivity contribution in [2.75, 3.05) is 0 Å². The predicted molar refractivity (Wildman–Crippen MR) is 80.5 cm³/mol. The maximum atomic E-state index is 13.6. The van der Waals surface area contributed by atoms with Crippen LogP contribution < -0.4 is 0 Å². The fraction of sp³-hybridized carbons (Fsp3) is 0.133. The van der Waals surface area contributed by atoms with Gasteiger partial charge in [-0.05, 0) is 30.5 Å². The van der Waals surface area contributed by atoms with Crippen molar-refractivity contribution in [1.82, 2.24) is 4.98 Å². The number of thiophene rings is 1. The van der Waals surface area contributed by atoms with Gasteiger partial charge in [-0.15, -0.1) is 23.1 Å². The van der Waals surface area contributed by atoms with E-state index in [1.807, 2.05) is 24.4 Å². The highest BCUT2D eigenvalue weighted by molar-refractivity contribution is 7.98. The molecule has 3 aromatic rings. The van der Waals surface area contributed by atoms with E-state index >= 15 is 0 Å². The zero-order chi connectivity index (χ0) is 14.8. The third kappa shape index (κ3) is 3.16. The van der Waals surface area contributed by atoms with Gasteiger partial charge in [0.15, 0.2) is 0 Å². The van der Waals surface area contributed by atoms with E-state index in [0.717, 1.165) is 16.6 Å². The Morgan fingerprint density at radius 2 is 2.14 bits per heavy atom. The number of halogens is 2. The second-order valence-corrected chi connectivity index (χ2v) is 6.33. The first-order valence-corrected chi connectivity index (χ1v) is 8.08. The van der Waals surface area contributed by atoms with E-state index in [2.05, 4.69) is 4.98 Å². The molecule has 0 N–H and O–H groups in total. The molecule has 0 aliphatic rings. The van der Waals surface area contributed by atoms with E-state index in [0.29, 0.717) is 22.3 Å². The van der Waals surface area contributed by atoms with Crippen molar-refractivity contribution >= 4 is 23.1 Å². The highest BCUT2D eigenvalue weighted by Crippen LogP contribution is 2.30. The average molecular weight is 323 g/mol. The van der Waals surface area contributed by atoms with Crippen molar-refractivity contribution in [1.29, 1.82) is 0 Å². The number of aryl methyl sites for hydroxylation is 1. The summed E-state index contributed by atoms with van der Waals surface area (Å²) >= 11 is 2.82. The number of nitrogens with zero attached hydrogens (tertiary/aromatic N) is 1. The third-order valence-electron chi connectivity index (χ3n) is 2.88. The van der Waals surface area contributed by atoms with Crippen LogP contribution in [-0.2, 0) is 5.75 Å². The second kappa shape index (κ2) is 5.99. The molecule has 0 amide bonds. The van der Waals surface area contributed by atoms with Crippen LogP contribution >= 0.6 is 23.1 Å². The molecule has 1 aromatic carbocycles. The zero-order valence-corrected chi connectivity index (χ0v) is 12.7. The quantitative estimate of drug-likeness (QED) is 0.611. The number of thioether (sulfide) groups is 1. The van der Waals surface area contributed by atoms with Crippen LogP contribution in [0.2, 0.25) is 0 Å². The molecule has 0 bridgehead atoms. The SMILES string of the molecule is Cc1oc(-c2cccs2)nc1CSc1ccc(F)cc1F. The number of benzene rings is 1. The Morgan fingerprint density at radius 3 is 2.86 bits per heavy atom. The number of oxazole rings is 1. The van der Waals surface area contributed by atoms with Gasteiger partial charge >= 0.3 is 0 Å². The molecule has 0 saturated heterocycles. The lowest BCUT2D eigenvalue weighted by Gasteiger charge is -2.01. The van der Waals surface area contributed by atoms with Crippen LogP contribution in [0.1, 0.15) is 11.5 Å². The number of aromatic nitrogens is 1. The molecular formula is C15H11F2NOS2. The molecule has 0 atom stereocenters. The van der Waals surface area contributed by atoms with Crippen molar-refractivity contribution in [3.63, 3.8) is 0 Å². The molecule has 108 valence electrons. The molecule has 2 nitrogen and oxygen atoms in total. The maximum absolute atomic E-state index is 13.6. The van der Waals surface area contributed by atoms with E-state index in [4.69, 9.17) is 4.42 Å².